The molecule has 0 fully saturated rings. The van der Waals surface area contributed by atoms with E-state index in [0.717, 1.165) is 5.56 Å². The smallest absolute Gasteiger partial charge is 0.338 e. The molecule has 0 spiro atoms. The van der Waals surface area contributed by atoms with Crippen molar-refractivity contribution in [1.29, 1.82) is 0 Å². The number of nitrogens with one attached hydrogen (secondary N) is 1. The number of ether oxygens (including phenoxy) is 3. The van der Waals surface area contributed by atoms with E-state index >= 15 is 0 Å². The lowest BCUT2D eigenvalue weighted by molar-refractivity contribution is -0.124. The van der Waals surface area contributed by atoms with Crippen LogP contribution in [0.3, 0.4) is 0 Å². The van der Waals surface area contributed by atoms with Crippen LogP contribution in [-0.2, 0) is 16.0 Å². The van der Waals surface area contributed by atoms with E-state index in [0.29, 0.717) is 34.5 Å². The molecule has 1 amide bonds. The van der Waals surface area contributed by atoms with Crippen LogP contribution in [0.1, 0.15) is 15.9 Å². The maximum absolute atomic E-state index is 12.1. The third kappa shape index (κ3) is 6.05. The van der Waals surface area contributed by atoms with Gasteiger partial charge in [-0.1, -0.05) is 29.3 Å². The number of methoxy groups -OCH3 is 2. The Bertz CT molecular complexity index is 826. The Morgan fingerprint density at radius 1 is 1.00 bits per heavy atom. The average molecular weight is 412 g/mol. The molecule has 0 saturated carbocycles. The summed E-state index contributed by atoms with van der Waals surface area (Å²) in [6.07, 6.45) is 0.533. The molecule has 0 aliphatic carbocycles. The lowest BCUT2D eigenvalue weighted by Crippen LogP contribution is -2.30. The largest absolute Gasteiger partial charge is 0.493 e. The van der Waals surface area contributed by atoms with Crippen molar-refractivity contribution in [2.75, 3.05) is 27.4 Å². The van der Waals surface area contributed by atoms with Crippen LogP contribution in [0.4, 0.5) is 0 Å². The van der Waals surface area contributed by atoms with Crippen molar-refractivity contribution >= 4 is 35.1 Å². The summed E-state index contributed by atoms with van der Waals surface area (Å²) in [5.41, 5.74) is 1.12. The predicted octanol–water partition coefficient (Wildman–Crippen LogP) is 3.53. The number of esters is 1. The highest BCUT2D eigenvalue weighted by molar-refractivity contribution is 6.35. The van der Waals surface area contributed by atoms with Crippen LogP contribution in [0.25, 0.3) is 0 Å². The number of hydrogen-bond acceptors (Lipinski definition) is 5. The van der Waals surface area contributed by atoms with Gasteiger partial charge in [0.15, 0.2) is 18.1 Å². The van der Waals surface area contributed by atoms with Crippen LogP contribution in [-0.4, -0.2) is 39.2 Å². The van der Waals surface area contributed by atoms with Crippen molar-refractivity contribution in [1.82, 2.24) is 5.32 Å². The number of carbonyl (C=O) groups excluding carboxylic acids is 2. The summed E-state index contributed by atoms with van der Waals surface area (Å²) in [6, 6.07) is 9.78. The summed E-state index contributed by atoms with van der Waals surface area (Å²) in [5.74, 6) is -0.148. The normalized spacial score (nSPS) is 10.2. The predicted molar refractivity (Wildman–Crippen MR) is 103 cm³/mol. The van der Waals surface area contributed by atoms with Gasteiger partial charge in [0.25, 0.3) is 5.91 Å². The van der Waals surface area contributed by atoms with E-state index < -0.39 is 11.9 Å². The molecule has 2 aromatic carbocycles. The van der Waals surface area contributed by atoms with Gasteiger partial charge in [-0.15, -0.1) is 0 Å². The molecule has 8 heteroatoms. The maximum Gasteiger partial charge on any atom is 0.338 e. The quantitative estimate of drug-likeness (QED) is 0.672. The Morgan fingerprint density at radius 2 is 1.74 bits per heavy atom. The fraction of sp³-hybridized carbons (Fsp3) is 0.263. The summed E-state index contributed by atoms with van der Waals surface area (Å²) in [5, 5.41) is 3.76. The van der Waals surface area contributed by atoms with E-state index in [1.54, 1.807) is 24.3 Å². The van der Waals surface area contributed by atoms with Crippen LogP contribution >= 0.6 is 23.2 Å². The number of halogens is 2. The lowest BCUT2D eigenvalue weighted by Gasteiger charge is -2.10. The Labute approximate surface area is 167 Å². The minimum absolute atomic E-state index is 0.258. The van der Waals surface area contributed by atoms with Gasteiger partial charge in [0.05, 0.1) is 19.8 Å². The highest BCUT2D eigenvalue weighted by atomic mass is 35.5. The zero-order chi connectivity index (χ0) is 19.8. The molecule has 0 heterocycles. The molecule has 0 aliphatic rings. The Balaban J connectivity index is 1.80. The number of amides is 1. The van der Waals surface area contributed by atoms with E-state index in [4.69, 9.17) is 37.4 Å². The van der Waals surface area contributed by atoms with Gasteiger partial charge in [0, 0.05) is 16.6 Å². The lowest BCUT2D eigenvalue weighted by atomic mass is 10.1. The Morgan fingerprint density at radius 3 is 2.41 bits per heavy atom. The molecule has 0 saturated heterocycles. The van der Waals surface area contributed by atoms with Gasteiger partial charge in [-0.3, -0.25) is 4.79 Å². The Hall–Kier alpha value is -2.44. The molecule has 144 valence electrons. The van der Waals surface area contributed by atoms with Crippen LogP contribution in [0.2, 0.25) is 10.0 Å². The van der Waals surface area contributed by atoms with Crippen LogP contribution in [0.5, 0.6) is 11.5 Å². The zero-order valence-corrected chi connectivity index (χ0v) is 16.4. The SMILES string of the molecule is COc1ccc(C(=O)OCC(=O)NCCc2ccc(Cl)cc2Cl)cc1OC. The number of benzene rings is 2. The molecular weight excluding hydrogens is 393 g/mol. The van der Waals surface area contributed by atoms with Crippen molar-refractivity contribution in [2.45, 2.75) is 6.42 Å². The van der Waals surface area contributed by atoms with Crippen molar-refractivity contribution in [2.24, 2.45) is 0 Å². The minimum atomic E-state index is -0.633. The number of hydrogen-bond donors (Lipinski definition) is 1. The summed E-state index contributed by atoms with van der Waals surface area (Å²) < 4.78 is 15.3. The van der Waals surface area contributed by atoms with Gasteiger partial charge in [-0.25, -0.2) is 4.79 Å². The molecule has 27 heavy (non-hydrogen) atoms. The molecule has 0 bridgehead atoms. The van der Waals surface area contributed by atoms with E-state index in [1.165, 1.54) is 26.4 Å². The second-order valence-electron chi connectivity index (χ2n) is 5.48. The van der Waals surface area contributed by atoms with E-state index in [9.17, 15) is 9.59 Å². The second kappa shape index (κ2) is 10.0. The molecule has 0 unspecified atom stereocenters. The second-order valence-corrected chi connectivity index (χ2v) is 6.33. The maximum atomic E-state index is 12.1. The molecule has 1 N–H and O–H groups in total. The third-order valence-electron chi connectivity index (χ3n) is 3.69. The van der Waals surface area contributed by atoms with Gasteiger partial charge in [-0.05, 0) is 42.3 Å². The van der Waals surface area contributed by atoms with Crippen LogP contribution in [0, 0.1) is 0 Å². The standard InChI is InChI=1S/C19H19Cl2NO5/c1-25-16-6-4-13(9-17(16)26-2)19(24)27-11-18(23)22-8-7-12-3-5-14(20)10-15(12)21/h3-6,9-10H,7-8,11H2,1-2H3,(H,22,23). The van der Waals surface area contributed by atoms with Crippen LogP contribution in [0.15, 0.2) is 36.4 Å². The summed E-state index contributed by atoms with van der Waals surface area (Å²) in [7, 11) is 2.96. The topological polar surface area (TPSA) is 73.9 Å². The summed E-state index contributed by atoms with van der Waals surface area (Å²) in [4.78, 5) is 23.9. The molecule has 0 aromatic heterocycles. The first-order valence-corrected chi connectivity index (χ1v) is 8.80. The molecule has 0 atom stereocenters. The highest BCUT2D eigenvalue weighted by Crippen LogP contribution is 2.27. The molecule has 2 aromatic rings. The molecule has 0 aliphatic heterocycles. The van der Waals surface area contributed by atoms with Gasteiger partial charge in [0.1, 0.15) is 0 Å². The summed E-state index contributed by atoms with van der Waals surface area (Å²) in [6.45, 7) is -0.0321. The third-order valence-corrected chi connectivity index (χ3v) is 4.27. The van der Waals surface area contributed by atoms with Crippen molar-refractivity contribution < 1.29 is 23.8 Å². The number of carbonyl (C=O) groups is 2. The van der Waals surface area contributed by atoms with Gasteiger partial charge < -0.3 is 19.5 Å². The van der Waals surface area contributed by atoms with Gasteiger partial charge >= 0.3 is 5.97 Å². The van der Waals surface area contributed by atoms with E-state index in [1.807, 2.05) is 0 Å². The molecule has 2 rings (SSSR count). The van der Waals surface area contributed by atoms with Crippen LogP contribution < -0.4 is 14.8 Å². The molecule has 0 radical (unpaired) electrons. The summed E-state index contributed by atoms with van der Waals surface area (Å²) >= 11 is 11.9. The molecular formula is C19H19Cl2NO5. The van der Waals surface area contributed by atoms with E-state index in [-0.39, 0.29) is 12.2 Å². The van der Waals surface area contributed by atoms with Crippen molar-refractivity contribution in [3.8, 4) is 11.5 Å². The van der Waals surface area contributed by atoms with Gasteiger partial charge in [0.2, 0.25) is 0 Å². The fourth-order valence-electron chi connectivity index (χ4n) is 2.29. The molecule has 6 nitrogen and oxygen atoms in total. The van der Waals surface area contributed by atoms with Crippen molar-refractivity contribution in [3.63, 3.8) is 0 Å². The number of rotatable bonds is 8. The fourth-order valence-corrected chi connectivity index (χ4v) is 2.79. The van der Waals surface area contributed by atoms with E-state index in [2.05, 4.69) is 5.32 Å². The highest BCUT2D eigenvalue weighted by Gasteiger charge is 2.13. The average Bonchev–Trinajstić information content (AvgIpc) is 2.67. The van der Waals surface area contributed by atoms with Crippen molar-refractivity contribution in [3.05, 3.63) is 57.6 Å². The first-order valence-electron chi connectivity index (χ1n) is 8.04. The zero-order valence-electron chi connectivity index (χ0n) is 14.9. The first-order chi connectivity index (χ1) is 12.9. The monoisotopic (exact) mass is 411 g/mol. The Kier molecular flexibility index (Phi) is 7.76. The van der Waals surface area contributed by atoms with Gasteiger partial charge in [-0.2, -0.15) is 0 Å². The first kappa shape index (κ1) is 20.9. The minimum Gasteiger partial charge on any atom is -0.493 e.